The lowest BCUT2D eigenvalue weighted by Gasteiger charge is -2.31. The number of piperidine rings is 1. The summed E-state index contributed by atoms with van der Waals surface area (Å²) in [5.41, 5.74) is 1.26. The van der Waals surface area contributed by atoms with E-state index in [-0.39, 0.29) is 5.92 Å². The lowest BCUT2D eigenvalue weighted by molar-refractivity contribution is -0.147. The van der Waals surface area contributed by atoms with Gasteiger partial charge in [-0.1, -0.05) is 11.6 Å². The van der Waals surface area contributed by atoms with Crippen molar-refractivity contribution in [3.63, 3.8) is 0 Å². The first-order valence-corrected chi connectivity index (χ1v) is 10.0. The average Bonchev–Trinajstić information content (AvgIpc) is 3.00. The van der Waals surface area contributed by atoms with Gasteiger partial charge >= 0.3 is 6.18 Å². The number of thiazole rings is 1. The van der Waals surface area contributed by atoms with E-state index in [1.165, 1.54) is 4.90 Å². The van der Waals surface area contributed by atoms with E-state index in [1.54, 1.807) is 29.5 Å². The Morgan fingerprint density at radius 2 is 2.07 bits per heavy atom. The molecule has 150 valence electrons. The summed E-state index contributed by atoms with van der Waals surface area (Å²) in [5, 5.41) is 10.2. The van der Waals surface area contributed by atoms with Gasteiger partial charge in [0, 0.05) is 12.0 Å². The van der Waals surface area contributed by atoms with Crippen LogP contribution in [0.1, 0.15) is 39.9 Å². The van der Waals surface area contributed by atoms with Gasteiger partial charge in [0.2, 0.25) is 0 Å². The molecular formula is C19H19ClF3N3OS. The van der Waals surface area contributed by atoms with Crippen molar-refractivity contribution >= 4 is 22.9 Å². The first-order chi connectivity index (χ1) is 13.2. The molecule has 1 aromatic carbocycles. The minimum atomic E-state index is -4.15. The number of likely N-dealkylation sites (tertiary alicyclic amines) is 1. The summed E-state index contributed by atoms with van der Waals surface area (Å²) in [6.07, 6.45) is -2.80. The van der Waals surface area contributed by atoms with Gasteiger partial charge in [0.25, 0.3) is 0 Å². The van der Waals surface area contributed by atoms with E-state index in [9.17, 15) is 13.2 Å². The van der Waals surface area contributed by atoms with Gasteiger partial charge in [0.05, 0.1) is 32.7 Å². The molecule has 0 radical (unpaired) electrons. The highest BCUT2D eigenvalue weighted by atomic mass is 35.5. The Balaban J connectivity index is 1.58. The molecule has 1 aliphatic rings. The summed E-state index contributed by atoms with van der Waals surface area (Å²) in [5.74, 6) is 0.755. The van der Waals surface area contributed by atoms with Crippen molar-refractivity contribution in [2.75, 3.05) is 19.6 Å². The Hall–Kier alpha value is -1.82. The fourth-order valence-electron chi connectivity index (χ4n) is 3.18. The number of alkyl halides is 3. The van der Waals surface area contributed by atoms with Gasteiger partial charge in [-0.15, -0.1) is 11.3 Å². The fraction of sp³-hybridized carbons (Fsp3) is 0.474. The molecule has 0 atom stereocenters. The molecular weight excluding hydrogens is 411 g/mol. The number of hydrogen-bond donors (Lipinski definition) is 0. The molecule has 0 amide bonds. The predicted octanol–water partition coefficient (Wildman–Crippen LogP) is 5.30. The second-order valence-electron chi connectivity index (χ2n) is 6.77. The molecule has 1 aliphatic heterocycles. The Labute approximate surface area is 170 Å². The number of hydrogen-bond acceptors (Lipinski definition) is 5. The molecule has 9 heteroatoms. The van der Waals surface area contributed by atoms with Crippen LogP contribution in [0.2, 0.25) is 5.02 Å². The molecule has 0 N–H and O–H groups in total. The third-order valence-electron chi connectivity index (χ3n) is 4.68. The van der Waals surface area contributed by atoms with Crippen LogP contribution in [0.25, 0.3) is 0 Å². The van der Waals surface area contributed by atoms with Crippen molar-refractivity contribution in [2.45, 2.75) is 38.5 Å². The topological polar surface area (TPSA) is 49.2 Å². The Bertz CT molecular complexity index is 870. The molecule has 1 aromatic heterocycles. The third-order valence-corrected chi connectivity index (χ3v) is 6.29. The minimum absolute atomic E-state index is 0.186. The lowest BCUT2D eigenvalue weighted by Crippen LogP contribution is -2.39. The molecule has 0 aliphatic carbocycles. The zero-order valence-corrected chi connectivity index (χ0v) is 16.8. The zero-order valence-electron chi connectivity index (χ0n) is 15.2. The smallest absolute Gasteiger partial charge is 0.401 e. The van der Waals surface area contributed by atoms with Crippen LogP contribution in [-0.4, -0.2) is 35.7 Å². The fourth-order valence-corrected chi connectivity index (χ4v) is 4.54. The first-order valence-electron chi connectivity index (χ1n) is 8.83. The van der Waals surface area contributed by atoms with E-state index in [4.69, 9.17) is 21.6 Å². The summed E-state index contributed by atoms with van der Waals surface area (Å²) in [7, 11) is 0. The zero-order chi connectivity index (χ0) is 20.3. The Morgan fingerprint density at radius 3 is 2.68 bits per heavy atom. The predicted molar refractivity (Wildman–Crippen MR) is 102 cm³/mol. The number of halogens is 4. The van der Waals surface area contributed by atoms with Gasteiger partial charge in [-0.05, 0) is 45.0 Å². The molecule has 2 aromatic rings. The molecule has 28 heavy (non-hydrogen) atoms. The monoisotopic (exact) mass is 429 g/mol. The summed E-state index contributed by atoms with van der Waals surface area (Å²) < 4.78 is 43.3. The maximum Gasteiger partial charge on any atom is 0.401 e. The second kappa shape index (κ2) is 8.68. The standard InChI is InChI=1S/C19H19ClF3N3OS/c1-12-17(10-27-15-3-2-14(9-24)16(20)8-15)28-18(25-12)13-4-6-26(7-5-13)11-19(21,22)23/h2-3,8,13H,4-7,10-11H2,1H3. The first kappa shape index (κ1) is 20.9. The molecule has 1 saturated heterocycles. The minimum Gasteiger partial charge on any atom is -0.488 e. The Kier molecular flexibility index (Phi) is 6.48. The second-order valence-corrected chi connectivity index (χ2v) is 8.29. The molecule has 0 saturated carbocycles. The maximum atomic E-state index is 12.5. The number of aryl methyl sites for hydroxylation is 1. The molecule has 0 unspecified atom stereocenters. The number of aromatic nitrogens is 1. The molecule has 0 spiro atoms. The molecule has 2 heterocycles. The van der Waals surface area contributed by atoms with Gasteiger partial charge in [-0.25, -0.2) is 4.98 Å². The molecule has 3 rings (SSSR count). The van der Waals surface area contributed by atoms with E-state index in [0.717, 1.165) is 15.6 Å². The van der Waals surface area contributed by atoms with Crippen LogP contribution in [0, 0.1) is 18.3 Å². The van der Waals surface area contributed by atoms with Gasteiger partial charge in [-0.3, -0.25) is 4.90 Å². The normalized spacial score (nSPS) is 16.1. The third kappa shape index (κ3) is 5.37. The van der Waals surface area contributed by atoms with Crippen molar-refractivity contribution in [2.24, 2.45) is 0 Å². The van der Waals surface area contributed by atoms with Crippen molar-refractivity contribution < 1.29 is 17.9 Å². The number of nitriles is 1. The van der Waals surface area contributed by atoms with Gasteiger partial charge in [-0.2, -0.15) is 18.4 Å². The molecule has 1 fully saturated rings. The van der Waals surface area contributed by atoms with Crippen molar-refractivity contribution in [3.8, 4) is 11.8 Å². The van der Waals surface area contributed by atoms with Gasteiger partial charge in [0.1, 0.15) is 18.4 Å². The number of nitrogens with zero attached hydrogens (tertiary/aromatic N) is 3. The van der Waals surface area contributed by atoms with Crippen molar-refractivity contribution in [1.82, 2.24) is 9.88 Å². The van der Waals surface area contributed by atoms with E-state index < -0.39 is 12.7 Å². The van der Waals surface area contributed by atoms with Gasteiger partial charge < -0.3 is 4.74 Å². The van der Waals surface area contributed by atoms with Crippen molar-refractivity contribution in [3.05, 3.63) is 44.4 Å². The van der Waals surface area contributed by atoms with Crippen LogP contribution < -0.4 is 4.74 Å². The van der Waals surface area contributed by atoms with E-state index in [0.29, 0.717) is 48.9 Å². The van der Waals surface area contributed by atoms with E-state index in [1.807, 2.05) is 13.0 Å². The Morgan fingerprint density at radius 1 is 1.36 bits per heavy atom. The number of ether oxygens (including phenoxy) is 1. The van der Waals surface area contributed by atoms with Crippen molar-refractivity contribution in [1.29, 1.82) is 5.26 Å². The van der Waals surface area contributed by atoms with Crippen LogP contribution in [0.5, 0.6) is 5.75 Å². The van der Waals surface area contributed by atoms with E-state index in [2.05, 4.69) is 4.98 Å². The van der Waals surface area contributed by atoms with Crippen LogP contribution in [0.3, 0.4) is 0 Å². The molecule has 4 nitrogen and oxygen atoms in total. The SMILES string of the molecule is Cc1nc(C2CCN(CC(F)(F)F)CC2)sc1COc1ccc(C#N)c(Cl)c1. The summed E-state index contributed by atoms with van der Waals surface area (Å²) in [6, 6.07) is 6.91. The highest BCUT2D eigenvalue weighted by molar-refractivity contribution is 7.11. The maximum absolute atomic E-state index is 12.5. The van der Waals surface area contributed by atoms with Gasteiger partial charge in [0.15, 0.2) is 0 Å². The van der Waals surface area contributed by atoms with E-state index >= 15 is 0 Å². The highest BCUT2D eigenvalue weighted by Crippen LogP contribution is 2.34. The van der Waals surface area contributed by atoms with Crippen LogP contribution in [-0.2, 0) is 6.61 Å². The highest BCUT2D eigenvalue weighted by Gasteiger charge is 2.33. The van der Waals surface area contributed by atoms with Crippen LogP contribution in [0.4, 0.5) is 13.2 Å². The molecule has 0 bridgehead atoms. The summed E-state index contributed by atoms with van der Waals surface area (Å²) in [6.45, 7) is 2.25. The van der Waals surface area contributed by atoms with Crippen LogP contribution in [0.15, 0.2) is 18.2 Å². The number of rotatable bonds is 5. The lowest BCUT2D eigenvalue weighted by atomic mass is 9.97. The summed E-state index contributed by atoms with van der Waals surface area (Å²) >= 11 is 7.56. The number of benzene rings is 1. The van der Waals surface area contributed by atoms with Crippen LogP contribution >= 0.6 is 22.9 Å². The average molecular weight is 430 g/mol. The summed E-state index contributed by atoms with van der Waals surface area (Å²) in [4.78, 5) is 7.05. The largest absolute Gasteiger partial charge is 0.488 e. The quantitative estimate of drug-likeness (QED) is 0.647.